The lowest BCUT2D eigenvalue weighted by Crippen LogP contribution is -2.07. The fourth-order valence-electron chi connectivity index (χ4n) is 1.48. The van der Waals surface area contributed by atoms with Crippen molar-refractivity contribution in [3.63, 3.8) is 0 Å². The third kappa shape index (κ3) is 2.81. The fraction of sp³-hybridized carbons (Fsp3) is 0.167. The van der Waals surface area contributed by atoms with Crippen molar-refractivity contribution >= 4 is 24.2 Å². The summed E-state index contributed by atoms with van der Waals surface area (Å²) in [4.78, 5) is 18.5. The highest BCUT2D eigenvalue weighted by atomic mass is 35.5. The van der Waals surface area contributed by atoms with Crippen LogP contribution >= 0.6 is 12.4 Å². The van der Waals surface area contributed by atoms with Crippen LogP contribution in [-0.4, -0.2) is 22.5 Å². The molecular weight excluding hydrogens is 254 g/mol. The van der Waals surface area contributed by atoms with E-state index in [4.69, 9.17) is 10.5 Å². The van der Waals surface area contributed by atoms with Gasteiger partial charge in [0.25, 0.3) is 0 Å². The van der Waals surface area contributed by atoms with Crippen molar-refractivity contribution < 1.29 is 9.53 Å². The van der Waals surface area contributed by atoms with E-state index in [0.717, 1.165) is 5.56 Å². The minimum Gasteiger partial charge on any atom is -0.461 e. The molecule has 1 heterocycles. The lowest BCUT2D eigenvalue weighted by atomic mass is 10.2. The minimum absolute atomic E-state index is 0. The van der Waals surface area contributed by atoms with Gasteiger partial charge in [0, 0.05) is 5.56 Å². The monoisotopic (exact) mass is 267 g/mol. The number of H-pyrrole nitrogens is 1. The number of hydrogen-bond acceptors (Lipinski definition) is 4. The quantitative estimate of drug-likeness (QED) is 0.836. The van der Waals surface area contributed by atoms with E-state index in [9.17, 15) is 4.79 Å². The van der Waals surface area contributed by atoms with Gasteiger partial charge in [-0.3, -0.25) is 0 Å². The van der Waals surface area contributed by atoms with Crippen LogP contribution in [0.1, 0.15) is 17.4 Å². The SMILES string of the molecule is CCOC(=O)c1[nH]c(-c2ccccc2)nc1N.Cl. The Hall–Kier alpha value is -2.01. The van der Waals surface area contributed by atoms with Crippen LogP contribution in [0.5, 0.6) is 0 Å². The van der Waals surface area contributed by atoms with E-state index < -0.39 is 5.97 Å². The van der Waals surface area contributed by atoms with Gasteiger partial charge in [-0.1, -0.05) is 30.3 Å². The standard InChI is InChI=1S/C12H13N3O2.ClH/c1-2-17-12(16)9-10(13)15-11(14-9)8-6-4-3-5-7-8;/h3-7H,2,13H2,1H3,(H,14,15);1H. The molecule has 0 amide bonds. The number of rotatable bonds is 3. The Morgan fingerprint density at radius 3 is 2.67 bits per heavy atom. The molecular formula is C12H14ClN3O2. The molecule has 96 valence electrons. The molecule has 1 aromatic carbocycles. The molecule has 0 aliphatic rings. The number of nitrogen functional groups attached to an aromatic ring is 1. The Morgan fingerprint density at radius 1 is 1.39 bits per heavy atom. The first-order valence-corrected chi connectivity index (χ1v) is 5.30. The highest BCUT2D eigenvalue weighted by Crippen LogP contribution is 2.19. The van der Waals surface area contributed by atoms with Crippen LogP contribution < -0.4 is 5.73 Å². The molecule has 0 aliphatic carbocycles. The lowest BCUT2D eigenvalue weighted by molar-refractivity contribution is 0.0521. The summed E-state index contributed by atoms with van der Waals surface area (Å²) in [6.45, 7) is 2.04. The van der Waals surface area contributed by atoms with Gasteiger partial charge in [-0.25, -0.2) is 9.78 Å². The van der Waals surface area contributed by atoms with E-state index in [1.807, 2.05) is 30.3 Å². The largest absolute Gasteiger partial charge is 0.461 e. The third-order valence-corrected chi connectivity index (χ3v) is 2.26. The molecule has 18 heavy (non-hydrogen) atoms. The number of benzene rings is 1. The lowest BCUT2D eigenvalue weighted by Gasteiger charge is -1.98. The van der Waals surface area contributed by atoms with Crippen molar-refractivity contribution in [2.24, 2.45) is 0 Å². The fourth-order valence-corrected chi connectivity index (χ4v) is 1.48. The summed E-state index contributed by atoms with van der Waals surface area (Å²) in [5, 5.41) is 0. The number of hydrogen-bond donors (Lipinski definition) is 2. The Morgan fingerprint density at radius 2 is 2.06 bits per heavy atom. The van der Waals surface area contributed by atoms with Crippen LogP contribution in [0, 0.1) is 0 Å². The summed E-state index contributed by atoms with van der Waals surface area (Å²) in [5.74, 6) is 0.230. The third-order valence-electron chi connectivity index (χ3n) is 2.26. The van der Waals surface area contributed by atoms with Crippen LogP contribution in [0.3, 0.4) is 0 Å². The zero-order valence-electron chi connectivity index (χ0n) is 9.84. The second-order valence-electron chi connectivity index (χ2n) is 3.43. The Balaban J connectivity index is 0.00000162. The maximum Gasteiger partial charge on any atom is 0.358 e. The Labute approximate surface area is 111 Å². The van der Waals surface area contributed by atoms with E-state index in [1.165, 1.54) is 0 Å². The second kappa shape index (κ2) is 6.07. The van der Waals surface area contributed by atoms with E-state index in [0.29, 0.717) is 12.4 Å². The molecule has 2 aromatic rings. The van der Waals surface area contributed by atoms with Gasteiger partial charge in [0.2, 0.25) is 0 Å². The molecule has 0 saturated carbocycles. The molecule has 3 N–H and O–H groups in total. The Kier molecular flexibility index (Phi) is 4.74. The molecule has 0 fully saturated rings. The zero-order chi connectivity index (χ0) is 12.3. The first-order valence-electron chi connectivity index (χ1n) is 5.30. The molecule has 5 nitrogen and oxygen atoms in total. The predicted molar refractivity (Wildman–Crippen MR) is 71.6 cm³/mol. The molecule has 0 radical (unpaired) electrons. The maximum absolute atomic E-state index is 11.5. The van der Waals surface area contributed by atoms with E-state index in [1.54, 1.807) is 6.92 Å². The number of nitrogens with two attached hydrogens (primary N) is 1. The van der Waals surface area contributed by atoms with Crippen molar-refractivity contribution in [1.82, 2.24) is 9.97 Å². The number of carbonyl (C=O) groups is 1. The highest BCUT2D eigenvalue weighted by molar-refractivity contribution is 5.93. The van der Waals surface area contributed by atoms with Crippen LogP contribution in [0.2, 0.25) is 0 Å². The summed E-state index contributed by atoms with van der Waals surface area (Å²) in [5.41, 5.74) is 6.74. The molecule has 0 spiro atoms. The van der Waals surface area contributed by atoms with Crippen molar-refractivity contribution in [3.8, 4) is 11.4 Å². The first-order chi connectivity index (χ1) is 8.22. The summed E-state index contributed by atoms with van der Waals surface area (Å²) < 4.78 is 4.87. The van der Waals surface area contributed by atoms with Gasteiger partial charge in [0.15, 0.2) is 11.5 Å². The van der Waals surface area contributed by atoms with Crippen LogP contribution in [0.4, 0.5) is 5.82 Å². The van der Waals surface area contributed by atoms with Gasteiger partial charge in [0.1, 0.15) is 5.82 Å². The molecule has 2 rings (SSSR count). The Bertz CT molecular complexity index is 525. The molecule has 6 heteroatoms. The zero-order valence-corrected chi connectivity index (χ0v) is 10.7. The number of esters is 1. The van der Waals surface area contributed by atoms with E-state index in [-0.39, 0.29) is 23.9 Å². The molecule has 0 atom stereocenters. The highest BCUT2D eigenvalue weighted by Gasteiger charge is 2.16. The van der Waals surface area contributed by atoms with Gasteiger partial charge in [-0.05, 0) is 6.92 Å². The topological polar surface area (TPSA) is 81.0 Å². The maximum atomic E-state index is 11.5. The van der Waals surface area contributed by atoms with Crippen LogP contribution in [-0.2, 0) is 4.74 Å². The average molecular weight is 268 g/mol. The number of halogens is 1. The number of anilines is 1. The minimum atomic E-state index is -0.486. The van der Waals surface area contributed by atoms with Gasteiger partial charge in [-0.2, -0.15) is 0 Å². The van der Waals surface area contributed by atoms with Crippen molar-refractivity contribution in [2.75, 3.05) is 12.3 Å². The number of ether oxygens (including phenoxy) is 1. The van der Waals surface area contributed by atoms with Gasteiger partial charge in [0.05, 0.1) is 6.61 Å². The number of aromatic nitrogens is 2. The second-order valence-corrected chi connectivity index (χ2v) is 3.43. The van der Waals surface area contributed by atoms with Crippen molar-refractivity contribution in [2.45, 2.75) is 6.92 Å². The number of carbonyl (C=O) groups excluding carboxylic acids is 1. The number of aromatic amines is 1. The van der Waals surface area contributed by atoms with Gasteiger partial charge < -0.3 is 15.5 Å². The first kappa shape index (κ1) is 14.1. The molecule has 0 aliphatic heterocycles. The summed E-state index contributed by atoms with van der Waals surface area (Å²) >= 11 is 0. The van der Waals surface area contributed by atoms with E-state index in [2.05, 4.69) is 9.97 Å². The van der Waals surface area contributed by atoms with Crippen molar-refractivity contribution in [1.29, 1.82) is 0 Å². The molecule has 0 bridgehead atoms. The number of imidazole rings is 1. The van der Waals surface area contributed by atoms with E-state index >= 15 is 0 Å². The molecule has 0 saturated heterocycles. The molecule has 0 unspecified atom stereocenters. The average Bonchev–Trinajstić information content (AvgIpc) is 2.73. The summed E-state index contributed by atoms with van der Waals surface area (Å²) in [7, 11) is 0. The van der Waals surface area contributed by atoms with Crippen LogP contribution in [0.15, 0.2) is 30.3 Å². The smallest absolute Gasteiger partial charge is 0.358 e. The van der Waals surface area contributed by atoms with Gasteiger partial charge >= 0.3 is 5.97 Å². The number of nitrogens with zero attached hydrogens (tertiary/aromatic N) is 1. The van der Waals surface area contributed by atoms with Crippen molar-refractivity contribution in [3.05, 3.63) is 36.0 Å². The molecule has 1 aromatic heterocycles. The summed E-state index contributed by atoms with van der Waals surface area (Å²) in [6.07, 6.45) is 0. The van der Waals surface area contributed by atoms with Crippen LogP contribution in [0.25, 0.3) is 11.4 Å². The predicted octanol–water partition coefficient (Wildman–Crippen LogP) is 2.26. The number of nitrogens with one attached hydrogen (secondary N) is 1. The van der Waals surface area contributed by atoms with Gasteiger partial charge in [-0.15, -0.1) is 12.4 Å². The normalized spacial score (nSPS) is 9.61. The summed E-state index contributed by atoms with van der Waals surface area (Å²) in [6, 6.07) is 9.44.